The molecule has 0 bridgehead atoms. The third-order valence-corrected chi connectivity index (χ3v) is 4.44. The molecule has 0 aliphatic heterocycles. The number of carbonyl (C=O) groups is 2. The van der Waals surface area contributed by atoms with Crippen molar-refractivity contribution in [1.29, 1.82) is 0 Å². The summed E-state index contributed by atoms with van der Waals surface area (Å²) in [7, 11) is 0. The van der Waals surface area contributed by atoms with Crippen LogP contribution >= 0.6 is 11.3 Å². The monoisotopic (exact) mass is 311 g/mol. The van der Waals surface area contributed by atoms with Crippen LogP contribution in [0.4, 0.5) is 5.13 Å². The molecule has 7 heteroatoms. The number of fused-ring (bicyclic) bond motifs is 1. The average Bonchev–Trinajstić information content (AvgIpc) is 2.95. The van der Waals surface area contributed by atoms with Gasteiger partial charge in [-0.1, -0.05) is 13.8 Å². The van der Waals surface area contributed by atoms with Gasteiger partial charge in [-0.15, -0.1) is 11.3 Å². The predicted octanol–water partition coefficient (Wildman–Crippen LogP) is 1.83. The van der Waals surface area contributed by atoms with Crippen molar-refractivity contribution < 1.29 is 14.7 Å². The third-order valence-electron chi connectivity index (χ3n) is 3.35. The second kappa shape index (κ2) is 6.89. The molecule has 1 unspecified atom stereocenters. The molecule has 1 aromatic heterocycles. The summed E-state index contributed by atoms with van der Waals surface area (Å²) >= 11 is 1.50. The Hall–Kier alpha value is -1.63. The molecule has 0 spiro atoms. The van der Waals surface area contributed by atoms with E-state index in [4.69, 9.17) is 5.11 Å². The Morgan fingerprint density at radius 3 is 2.90 bits per heavy atom. The molecule has 6 nitrogen and oxygen atoms in total. The Bertz CT molecular complexity index is 528. The number of nitrogens with one attached hydrogen (secondary N) is 2. The SMILES string of the molecule is CC(C)CNC(=O)CCNc1nc2c(s1)CCC2C(=O)O. The third kappa shape index (κ3) is 4.17. The lowest BCUT2D eigenvalue weighted by Gasteiger charge is -2.08. The van der Waals surface area contributed by atoms with Crippen molar-refractivity contribution in [3.8, 4) is 0 Å². The van der Waals surface area contributed by atoms with Crippen molar-refractivity contribution in [2.45, 2.75) is 39.0 Å². The van der Waals surface area contributed by atoms with Gasteiger partial charge in [0.05, 0.1) is 5.69 Å². The molecule has 2 rings (SSSR count). The van der Waals surface area contributed by atoms with Crippen LogP contribution in [-0.4, -0.2) is 35.1 Å². The summed E-state index contributed by atoms with van der Waals surface area (Å²) in [6.07, 6.45) is 1.81. The van der Waals surface area contributed by atoms with E-state index in [0.717, 1.165) is 11.3 Å². The van der Waals surface area contributed by atoms with Crippen LogP contribution in [0.5, 0.6) is 0 Å². The van der Waals surface area contributed by atoms with Gasteiger partial charge in [0.1, 0.15) is 5.92 Å². The molecule has 1 aromatic rings. The molecule has 0 saturated heterocycles. The summed E-state index contributed by atoms with van der Waals surface area (Å²) < 4.78 is 0. The predicted molar refractivity (Wildman–Crippen MR) is 81.8 cm³/mol. The van der Waals surface area contributed by atoms with Crippen LogP contribution in [0.25, 0.3) is 0 Å². The first kappa shape index (κ1) is 15.8. The van der Waals surface area contributed by atoms with E-state index in [-0.39, 0.29) is 5.91 Å². The lowest BCUT2D eigenvalue weighted by Crippen LogP contribution is -2.28. The molecular weight excluding hydrogens is 290 g/mol. The van der Waals surface area contributed by atoms with Gasteiger partial charge in [0.2, 0.25) is 5.91 Å². The highest BCUT2D eigenvalue weighted by atomic mass is 32.1. The number of anilines is 1. The number of hydrogen-bond acceptors (Lipinski definition) is 5. The first-order chi connectivity index (χ1) is 9.97. The van der Waals surface area contributed by atoms with Gasteiger partial charge >= 0.3 is 5.97 Å². The number of thiazole rings is 1. The van der Waals surface area contributed by atoms with Gasteiger partial charge in [-0.2, -0.15) is 0 Å². The second-order valence-electron chi connectivity index (χ2n) is 5.63. The fourth-order valence-corrected chi connectivity index (χ4v) is 3.30. The molecule has 0 fully saturated rings. The summed E-state index contributed by atoms with van der Waals surface area (Å²) in [6, 6.07) is 0. The molecule has 1 aliphatic rings. The summed E-state index contributed by atoms with van der Waals surface area (Å²) in [5, 5.41) is 15.8. The maximum atomic E-state index is 11.6. The van der Waals surface area contributed by atoms with E-state index in [1.54, 1.807) is 0 Å². The molecule has 1 atom stereocenters. The van der Waals surface area contributed by atoms with Gasteiger partial charge < -0.3 is 15.7 Å². The average molecular weight is 311 g/mol. The topological polar surface area (TPSA) is 91.3 Å². The number of amides is 1. The van der Waals surface area contributed by atoms with E-state index in [9.17, 15) is 9.59 Å². The van der Waals surface area contributed by atoms with Gasteiger partial charge in [-0.05, 0) is 18.8 Å². The Morgan fingerprint density at radius 2 is 2.24 bits per heavy atom. The van der Waals surface area contributed by atoms with Crippen molar-refractivity contribution in [2.24, 2.45) is 5.92 Å². The molecule has 116 valence electrons. The molecule has 1 aliphatic carbocycles. The number of rotatable bonds is 7. The number of carboxylic acids is 1. The quantitative estimate of drug-likeness (QED) is 0.714. The van der Waals surface area contributed by atoms with Gasteiger partial charge in [-0.25, -0.2) is 4.98 Å². The molecule has 21 heavy (non-hydrogen) atoms. The number of aryl methyl sites for hydroxylation is 1. The van der Waals surface area contributed by atoms with Crippen LogP contribution in [0, 0.1) is 5.92 Å². The zero-order chi connectivity index (χ0) is 15.4. The number of carbonyl (C=O) groups excluding carboxylic acids is 1. The summed E-state index contributed by atoms with van der Waals surface area (Å²) in [5.74, 6) is -0.819. The number of carboxylic acid groups (broad SMARTS) is 1. The van der Waals surface area contributed by atoms with Gasteiger partial charge in [-0.3, -0.25) is 9.59 Å². The normalized spacial score (nSPS) is 16.8. The standard InChI is InChI=1S/C14H21N3O3S/c1-8(2)7-16-11(18)5-6-15-14-17-12-9(13(19)20)3-4-10(12)21-14/h8-9H,3-7H2,1-2H3,(H,15,17)(H,16,18)(H,19,20). The number of nitrogens with zero attached hydrogens (tertiary/aromatic N) is 1. The van der Waals surface area contributed by atoms with E-state index in [1.165, 1.54) is 11.3 Å². The van der Waals surface area contributed by atoms with E-state index in [2.05, 4.69) is 29.5 Å². The van der Waals surface area contributed by atoms with Crippen molar-refractivity contribution in [3.05, 3.63) is 10.6 Å². The van der Waals surface area contributed by atoms with Crippen LogP contribution in [0.15, 0.2) is 0 Å². The molecule has 0 radical (unpaired) electrons. The van der Waals surface area contributed by atoms with Crippen LogP contribution in [0.2, 0.25) is 0 Å². The number of hydrogen-bond donors (Lipinski definition) is 3. The van der Waals surface area contributed by atoms with Crippen LogP contribution in [-0.2, 0) is 16.0 Å². The summed E-state index contributed by atoms with van der Waals surface area (Å²) in [5.41, 5.74) is 0.694. The molecular formula is C14H21N3O3S. The van der Waals surface area contributed by atoms with Crippen LogP contribution in [0.3, 0.4) is 0 Å². The van der Waals surface area contributed by atoms with Crippen molar-refractivity contribution in [3.63, 3.8) is 0 Å². The van der Waals surface area contributed by atoms with Crippen molar-refractivity contribution >= 4 is 28.3 Å². The molecule has 1 heterocycles. The Balaban J connectivity index is 1.79. The Kier molecular flexibility index (Phi) is 5.17. The highest BCUT2D eigenvalue weighted by Crippen LogP contribution is 2.38. The van der Waals surface area contributed by atoms with Gasteiger partial charge in [0.25, 0.3) is 0 Å². The van der Waals surface area contributed by atoms with Gasteiger partial charge in [0, 0.05) is 24.4 Å². The molecule has 1 amide bonds. The first-order valence-electron chi connectivity index (χ1n) is 7.20. The van der Waals surface area contributed by atoms with Crippen molar-refractivity contribution in [2.75, 3.05) is 18.4 Å². The van der Waals surface area contributed by atoms with E-state index in [1.807, 2.05) is 0 Å². The van der Waals surface area contributed by atoms with E-state index >= 15 is 0 Å². The maximum absolute atomic E-state index is 11.6. The minimum atomic E-state index is -0.807. The summed E-state index contributed by atoms with van der Waals surface area (Å²) in [6.45, 7) is 5.29. The molecule has 3 N–H and O–H groups in total. The second-order valence-corrected chi connectivity index (χ2v) is 6.72. The lowest BCUT2D eigenvalue weighted by molar-refractivity contribution is -0.138. The highest BCUT2D eigenvalue weighted by molar-refractivity contribution is 7.15. The number of aliphatic carboxylic acids is 1. The largest absolute Gasteiger partial charge is 0.481 e. The highest BCUT2D eigenvalue weighted by Gasteiger charge is 2.32. The Morgan fingerprint density at radius 1 is 1.48 bits per heavy atom. The smallest absolute Gasteiger partial charge is 0.312 e. The summed E-state index contributed by atoms with van der Waals surface area (Å²) in [4.78, 5) is 28.1. The fourth-order valence-electron chi connectivity index (χ4n) is 2.23. The molecule has 0 aromatic carbocycles. The van der Waals surface area contributed by atoms with Crippen LogP contribution < -0.4 is 10.6 Å². The minimum absolute atomic E-state index is 0.0173. The number of aromatic nitrogens is 1. The van der Waals surface area contributed by atoms with E-state index < -0.39 is 11.9 Å². The van der Waals surface area contributed by atoms with Crippen molar-refractivity contribution in [1.82, 2.24) is 10.3 Å². The lowest BCUT2D eigenvalue weighted by atomic mass is 10.1. The fraction of sp³-hybridized carbons (Fsp3) is 0.643. The zero-order valence-corrected chi connectivity index (χ0v) is 13.1. The maximum Gasteiger partial charge on any atom is 0.312 e. The molecule has 0 saturated carbocycles. The zero-order valence-electron chi connectivity index (χ0n) is 12.3. The van der Waals surface area contributed by atoms with Gasteiger partial charge in [0.15, 0.2) is 5.13 Å². The van der Waals surface area contributed by atoms with E-state index in [0.29, 0.717) is 42.7 Å². The first-order valence-corrected chi connectivity index (χ1v) is 8.02. The Labute approximate surface area is 128 Å². The van der Waals surface area contributed by atoms with Crippen LogP contribution in [0.1, 0.15) is 43.2 Å². The minimum Gasteiger partial charge on any atom is -0.481 e.